The molecule has 10 heavy (non-hydrogen) atoms. The van der Waals surface area contributed by atoms with Crippen LogP contribution in [-0.4, -0.2) is 30.0 Å². The molecule has 1 fully saturated rings. The van der Waals surface area contributed by atoms with E-state index in [1.54, 1.807) is 0 Å². The Bertz CT molecular complexity index is 236. The fourth-order valence-corrected chi connectivity index (χ4v) is 1.36. The molecule has 0 spiro atoms. The summed E-state index contributed by atoms with van der Waals surface area (Å²) in [6.07, 6.45) is 1.54. The van der Waals surface area contributed by atoms with E-state index >= 15 is 0 Å². The van der Waals surface area contributed by atoms with Gasteiger partial charge in [0.15, 0.2) is 0 Å². The molecule has 60 valence electrons. The Morgan fingerprint density at radius 1 is 1.90 bits per heavy atom. The van der Waals surface area contributed by atoms with Gasteiger partial charge < -0.3 is 10.6 Å². The van der Waals surface area contributed by atoms with Gasteiger partial charge in [-0.3, -0.25) is 0 Å². The van der Waals surface area contributed by atoms with Crippen LogP contribution in [0, 0.1) is 0 Å². The Morgan fingerprint density at radius 3 is 3.30 bits per heavy atom. The third-order valence-corrected chi connectivity index (χ3v) is 1.89. The summed E-state index contributed by atoms with van der Waals surface area (Å²) in [5.74, 6) is 0. The summed E-state index contributed by atoms with van der Waals surface area (Å²) in [7, 11) is 0. The molecule has 1 heterocycles. The van der Waals surface area contributed by atoms with Gasteiger partial charge >= 0.3 is 0 Å². The van der Waals surface area contributed by atoms with Crippen LogP contribution in [0.2, 0.25) is 0 Å². The van der Waals surface area contributed by atoms with E-state index in [1.165, 1.54) is 4.90 Å². The Kier molecular flexibility index (Phi) is 1.02. The predicted molar refractivity (Wildman–Crippen MR) is 43.9 cm³/mol. The Labute approximate surface area is 70.4 Å². The largest absolute Gasteiger partial charge is 0.324 e. The summed E-state index contributed by atoms with van der Waals surface area (Å²) in [4.78, 5) is 1.34. The van der Waals surface area contributed by atoms with E-state index in [2.05, 4.69) is 0 Å². The minimum Gasteiger partial charge on any atom is -0.324 e. The molecule has 0 bridgehead atoms. The van der Waals surface area contributed by atoms with Gasteiger partial charge in [-0.15, -0.1) is 0 Å². The van der Waals surface area contributed by atoms with Crippen molar-refractivity contribution in [1.29, 1.82) is 0 Å². The molecular formula is C8H18N2. The van der Waals surface area contributed by atoms with Crippen LogP contribution >= 0.6 is 0 Å². The maximum absolute atomic E-state index is 7.62. The van der Waals surface area contributed by atoms with Gasteiger partial charge in [-0.2, -0.15) is 0 Å². The van der Waals surface area contributed by atoms with Crippen molar-refractivity contribution >= 4 is 0 Å². The van der Waals surface area contributed by atoms with Crippen LogP contribution in [0.15, 0.2) is 0 Å². The first-order valence-corrected chi connectivity index (χ1v) is 3.60. The second-order valence-corrected chi connectivity index (χ2v) is 3.29. The van der Waals surface area contributed by atoms with E-state index < -0.39 is 18.9 Å². The summed E-state index contributed by atoms with van der Waals surface area (Å²) in [5.41, 5.74) is 5.43. The van der Waals surface area contributed by atoms with Crippen molar-refractivity contribution in [2.75, 3.05) is 19.6 Å². The number of rotatable bonds is 1. The number of likely N-dealkylation sites (N-methyl/N-ethyl adjacent to an activating group) is 1. The van der Waals surface area contributed by atoms with Gasteiger partial charge in [0.05, 0.1) is 0 Å². The van der Waals surface area contributed by atoms with Crippen molar-refractivity contribution < 1.29 is 6.85 Å². The summed E-state index contributed by atoms with van der Waals surface area (Å²) < 4.78 is 36.8. The van der Waals surface area contributed by atoms with Crippen LogP contribution in [0.25, 0.3) is 0 Å². The van der Waals surface area contributed by atoms with Gasteiger partial charge in [0, 0.05) is 18.9 Å². The molecule has 0 aliphatic carbocycles. The lowest BCUT2D eigenvalue weighted by molar-refractivity contribution is 0.167. The molecule has 0 amide bonds. The van der Waals surface area contributed by atoms with Crippen molar-refractivity contribution in [1.82, 2.24) is 4.90 Å². The van der Waals surface area contributed by atoms with Crippen LogP contribution in [0.3, 0.4) is 0 Å². The fourth-order valence-electron chi connectivity index (χ4n) is 1.36. The molecule has 0 saturated carbocycles. The van der Waals surface area contributed by atoms with E-state index in [-0.39, 0.29) is 0 Å². The van der Waals surface area contributed by atoms with E-state index in [9.17, 15) is 0 Å². The molecule has 2 N–H and O–H groups in total. The lowest BCUT2D eigenvalue weighted by Crippen LogP contribution is -2.51. The van der Waals surface area contributed by atoms with Crippen molar-refractivity contribution in [3.8, 4) is 0 Å². The van der Waals surface area contributed by atoms with Crippen LogP contribution in [0.5, 0.6) is 0 Å². The number of likely N-dealkylation sites (tertiary alicyclic amines) is 1. The van der Waals surface area contributed by atoms with Crippen molar-refractivity contribution in [2.45, 2.75) is 32.2 Å². The summed E-state index contributed by atoms with van der Waals surface area (Å²) in [6.45, 7) is -2.33. The van der Waals surface area contributed by atoms with Gasteiger partial charge in [-0.05, 0) is 32.8 Å². The highest BCUT2D eigenvalue weighted by atomic mass is 15.1. The minimum atomic E-state index is -2.62. The molecule has 1 aliphatic rings. The van der Waals surface area contributed by atoms with E-state index in [4.69, 9.17) is 12.6 Å². The molecule has 1 aliphatic heterocycles. The maximum Gasteiger partial charge on any atom is 0.0428 e. The highest BCUT2D eigenvalue weighted by Crippen LogP contribution is 2.16. The molecule has 1 rings (SSSR count). The molecule has 2 nitrogen and oxygen atoms in total. The molecule has 0 aromatic heterocycles. The van der Waals surface area contributed by atoms with Gasteiger partial charge in [-0.25, -0.2) is 0 Å². The van der Waals surface area contributed by atoms with E-state index in [0.29, 0.717) is 13.1 Å². The molecule has 2 heteroatoms. The second kappa shape index (κ2) is 2.89. The van der Waals surface area contributed by atoms with Gasteiger partial charge in [0.2, 0.25) is 0 Å². The zero-order valence-electron chi connectivity index (χ0n) is 11.4. The van der Waals surface area contributed by atoms with Crippen LogP contribution in [0.1, 0.15) is 33.5 Å². The normalized spacial score (nSPS) is 46.4. The number of hydrogen-bond acceptors (Lipinski definition) is 2. The summed E-state index contributed by atoms with van der Waals surface area (Å²) in [6, 6.07) is 0. The third-order valence-electron chi connectivity index (χ3n) is 1.89. The van der Waals surface area contributed by atoms with Gasteiger partial charge in [0.25, 0.3) is 0 Å². The smallest absolute Gasteiger partial charge is 0.0428 e. The lowest BCUT2D eigenvalue weighted by atomic mass is 9.92. The third kappa shape index (κ3) is 1.96. The van der Waals surface area contributed by atoms with Crippen molar-refractivity contribution in [3.05, 3.63) is 0 Å². The lowest BCUT2D eigenvalue weighted by Gasteiger charge is -2.37. The molecule has 0 aromatic rings. The number of nitrogens with zero attached hydrogens (tertiary/aromatic N) is 1. The first kappa shape index (κ1) is 3.55. The fraction of sp³-hybridized carbons (Fsp3) is 1.00. The second-order valence-electron chi connectivity index (χ2n) is 3.29. The van der Waals surface area contributed by atoms with Crippen molar-refractivity contribution in [2.24, 2.45) is 5.73 Å². The molecular weight excluding hydrogens is 124 g/mol. The van der Waals surface area contributed by atoms with Crippen LogP contribution < -0.4 is 5.73 Å². The molecule has 0 aromatic carbocycles. The molecule has 0 unspecified atom stereocenters. The Morgan fingerprint density at radius 2 is 2.70 bits per heavy atom. The van der Waals surface area contributed by atoms with E-state index in [0.717, 1.165) is 12.8 Å². The highest BCUT2D eigenvalue weighted by Gasteiger charge is 2.25. The van der Waals surface area contributed by atoms with Crippen LogP contribution in [0.4, 0.5) is 0 Å². The number of hydrogen-bond donors (Lipinski definition) is 1. The van der Waals surface area contributed by atoms with Crippen LogP contribution in [-0.2, 0) is 0 Å². The first-order chi connectivity index (χ1) is 6.56. The molecule has 0 radical (unpaired) electrons. The zero-order chi connectivity index (χ0) is 11.9. The number of nitrogens with two attached hydrogens (primary N) is 1. The monoisotopic (exact) mass is 147 g/mol. The topological polar surface area (TPSA) is 29.3 Å². The van der Waals surface area contributed by atoms with E-state index in [1.807, 2.05) is 6.92 Å². The summed E-state index contributed by atoms with van der Waals surface area (Å²) in [5, 5.41) is 0. The Hall–Kier alpha value is -0.0800. The predicted octanol–water partition coefficient (Wildman–Crippen LogP) is 0.820. The summed E-state index contributed by atoms with van der Waals surface area (Å²) >= 11 is 0. The van der Waals surface area contributed by atoms with Gasteiger partial charge in [0.1, 0.15) is 0 Å². The molecule has 1 saturated heterocycles. The quantitative estimate of drug-likeness (QED) is 0.595. The standard InChI is InChI=1S/C8H18N2/c1-3-10-6-4-5-8(2,9)7-10/h3-7,9H2,1-2H3/t8-/m0/s1/i1D3,3D2. The highest BCUT2D eigenvalue weighted by molar-refractivity contribution is 4.86. The first-order valence-electron chi connectivity index (χ1n) is 6.10. The average molecular weight is 147 g/mol. The average Bonchev–Trinajstić information content (AvgIpc) is 2.00. The number of piperidine rings is 1. The molecule has 1 atom stereocenters. The SMILES string of the molecule is [2H]C([2H])([2H])C([2H])([2H])N1CCC[C@](C)(N)C1. The van der Waals surface area contributed by atoms with Gasteiger partial charge in [-0.1, -0.05) is 6.85 Å². The zero-order valence-corrected chi connectivity index (χ0v) is 6.35. The maximum atomic E-state index is 7.62. The minimum absolute atomic E-state index is 0.290. The van der Waals surface area contributed by atoms with Crippen molar-refractivity contribution in [3.63, 3.8) is 0 Å². The Balaban J connectivity index is 2.80.